The van der Waals surface area contributed by atoms with Gasteiger partial charge in [-0.3, -0.25) is 0 Å². The van der Waals surface area contributed by atoms with E-state index in [1.54, 1.807) is 36.4 Å². The second kappa shape index (κ2) is 6.75. The second-order valence-corrected chi connectivity index (χ2v) is 6.41. The third-order valence-electron chi connectivity index (χ3n) is 4.68. The first-order chi connectivity index (χ1) is 12.6. The molecular weight excluding hydrogens is 334 g/mol. The van der Waals surface area contributed by atoms with Crippen LogP contribution in [0, 0.1) is 11.6 Å². The van der Waals surface area contributed by atoms with Crippen molar-refractivity contribution in [3.63, 3.8) is 0 Å². The van der Waals surface area contributed by atoms with Crippen molar-refractivity contribution in [3.8, 4) is 28.1 Å². The van der Waals surface area contributed by atoms with E-state index in [0.29, 0.717) is 22.6 Å². The molecule has 1 saturated heterocycles. The molecule has 0 bridgehead atoms. The minimum atomic E-state index is -0.883. The lowest BCUT2D eigenvalue weighted by Crippen LogP contribution is -2.19. The van der Waals surface area contributed by atoms with Crippen LogP contribution in [0.15, 0.2) is 54.6 Å². The molecule has 1 fully saturated rings. The minimum absolute atomic E-state index is 0.101. The van der Waals surface area contributed by atoms with Crippen molar-refractivity contribution in [2.24, 2.45) is 0 Å². The van der Waals surface area contributed by atoms with Crippen LogP contribution < -0.4 is 4.90 Å². The number of halogens is 2. The van der Waals surface area contributed by atoms with E-state index in [0.717, 1.165) is 32.0 Å². The molecule has 0 amide bonds. The molecule has 0 unspecified atom stereocenters. The highest BCUT2D eigenvalue weighted by molar-refractivity contribution is 5.76. The maximum absolute atomic E-state index is 14.4. The molecule has 0 spiro atoms. The maximum atomic E-state index is 14.4. The van der Waals surface area contributed by atoms with E-state index in [2.05, 4.69) is 9.88 Å². The molecule has 1 aliphatic rings. The van der Waals surface area contributed by atoms with Gasteiger partial charge in [-0.05, 0) is 48.7 Å². The standard InChI is InChI=1S/C21H18F2N2O/c22-17-8-5-7-15(21(17)23)14-12-18(16-6-1-2-9-19(16)26)24-20(13-14)25-10-3-4-11-25/h1-2,5-9,12-13,26H,3-4,10-11H2. The molecule has 3 aromatic rings. The van der Waals surface area contributed by atoms with Crippen LogP contribution in [0.5, 0.6) is 5.75 Å². The molecule has 26 heavy (non-hydrogen) atoms. The Labute approximate surface area is 150 Å². The van der Waals surface area contributed by atoms with Crippen molar-refractivity contribution in [2.75, 3.05) is 18.0 Å². The van der Waals surface area contributed by atoms with Crippen LogP contribution in [-0.2, 0) is 0 Å². The van der Waals surface area contributed by atoms with Crippen LogP contribution >= 0.6 is 0 Å². The summed E-state index contributed by atoms with van der Waals surface area (Å²) in [6, 6.07) is 14.5. The maximum Gasteiger partial charge on any atom is 0.166 e. The Morgan fingerprint density at radius 1 is 0.885 bits per heavy atom. The van der Waals surface area contributed by atoms with Gasteiger partial charge < -0.3 is 10.0 Å². The summed E-state index contributed by atoms with van der Waals surface area (Å²) in [6.07, 6.45) is 2.15. The Kier molecular flexibility index (Phi) is 4.29. The molecular formula is C21H18F2N2O. The molecule has 132 valence electrons. The molecule has 1 aromatic heterocycles. The molecule has 2 aromatic carbocycles. The first-order valence-corrected chi connectivity index (χ1v) is 8.63. The van der Waals surface area contributed by atoms with Gasteiger partial charge in [0.1, 0.15) is 11.6 Å². The van der Waals surface area contributed by atoms with Gasteiger partial charge in [-0.25, -0.2) is 13.8 Å². The second-order valence-electron chi connectivity index (χ2n) is 6.41. The van der Waals surface area contributed by atoms with E-state index in [9.17, 15) is 13.9 Å². The molecule has 5 heteroatoms. The van der Waals surface area contributed by atoms with Gasteiger partial charge in [0.2, 0.25) is 0 Å². The lowest BCUT2D eigenvalue weighted by Gasteiger charge is -2.19. The quantitative estimate of drug-likeness (QED) is 0.721. The Hall–Kier alpha value is -2.95. The van der Waals surface area contributed by atoms with E-state index in [1.165, 1.54) is 6.07 Å². The molecule has 0 saturated carbocycles. The summed E-state index contributed by atoms with van der Waals surface area (Å²) in [5, 5.41) is 10.2. The number of pyridine rings is 1. The van der Waals surface area contributed by atoms with Crippen molar-refractivity contribution in [2.45, 2.75) is 12.8 Å². The lowest BCUT2D eigenvalue weighted by atomic mass is 10.0. The molecule has 2 heterocycles. The fraction of sp³-hybridized carbons (Fsp3) is 0.190. The topological polar surface area (TPSA) is 36.4 Å². The van der Waals surface area contributed by atoms with Gasteiger partial charge in [0.15, 0.2) is 11.6 Å². The Bertz CT molecular complexity index is 952. The number of nitrogens with zero attached hydrogens (tertiary/aromatic N) is 2. The summed E-state index contributed by atoms with van der Waals surface area (Å²) in [6.45, 7) is 1.75. The Morgan fingerprint density at radius 2 is 1.62 bits per heavy atom. The van der Waals surface area contributed by atoms with Crippen LogP contribution in [0.25, 0.3) is 22.4 Å². The number of para-hydroxylation sites is 1. The SMILES string of the molecule is Oc1ccccc1-c1cc(-c2cccc(F)c2F)cc(N2CCCC2)n1. The van der Waals surface area contributed by atoms with E-state index >= 15 is 0 Å². The number of phenolic OH excluding ortho intramolecular Hbond substituents is 1. The number of hydrogen-bond acceptors (Lipinski definition) is 3. The van der Waals surface area contributed by atoms with Gasteiger partial charge in [-0.1, -0.05) is 24.3 Å². The summed E-state index contributed by atoms with van der Waals surface area (Å²) in [7, 11) is 0. The van der Waals surface area contributed by atoms with Crippen LogP contribution in [0.3, 0.4) is 0 Å². The Balaban J connectivity index is 1.91. The normalized spacial score (nSPS) is 14.0. The highest BCUT2D eigenvalue weighted by Gasteiger charge is 2.19. The molecule has 0 aliphatic carbocycles. The van der Waals surface area contributed by atoms with E-state index in [1.807, 2.05) is 6.07 Å². The zero-order chi connectivity index (χ0) is 18.1. The average molecular weight is 352 g/mol. The number of benzene rings is 2. The molecule has 1 N–H and O–H groups in total. The first kappa shape index (κ1) is 16.5. The Morgan fingerprint density at radius 3 is 2.38 bits per heavy atom. The van der Waals surface area contributed by atoms with Gasteiger partial charge >= 0.3 is 0 Å². The smallest absolute Gasteiger partial charge is 0.166 e. The first-order valence-electron chi connectivity index (χ1n) is 8.63. The van der Waals surface area contributed by atoms with E-state index in [-0.39, 0.29) is 11.3 Å². The van der Waals surface area contributed by atoms with Gasteiger partial charge in [-0.15, -0.1) is 0 Å². The van der Waals surface area contributed by atoms with E-state index < -0.39 is 11.6 Å². The highest BCUT2D eigenvalue weighted by Crippen LogP contribution is 2.35. The summed E-state index contributed by atoms with van der Waals surface area (Å²) in [5.41, 5.74) is 1.82. The van der Waals surface area contributed by atoms with Gasteiger partial charge in [-0.2, -0.15) is 0 Å². The van der Waals surface area contributed by atoms with Gasteiger partial charge in [0.05, 0.1) is 5.69 Å². The molecule has 0 atom stereocenters. The molecule has 3 nitrogen and oxygen atoms in total. The summed E-state index contributed by atoms with van der Waals surface area (Å²) in [4.78, 5) is 6.80. The largest absolute Gasteiger partial charge is 0.507 e. The third kappa shape index (κ3) is 3.01. The summed E-state index contributed by atoms with van der Waals surface area (Å²) >= 11 is 0. The monoisotopic (exact) mass is 352 g/mol. The zero-order valence-electron chi connectivity index (χ0n) is 14.1. The van der Waals surface area contributed by atoms with E-state index in [4.69, 9.17) is 0 Å². The zero-order valence-corrected chi connectivity index (χ0v) is 14.1. The number of aromatic nitrogens is 1. The fourth-order valence-electron chi connectivity index (χ4n) is 3.33. The van der Waals surface area contributed by atoms with Crippen molar-refractivity contribution >= 4 is 5.82 Å². The molecule has 1 aliphatic heterocycles. The van der Waals surface area contributed by atoms with Crippen LogP contribution in [0.4, 0.5) is 14.6 Å². The van der Waals surface area contributed by atoms with Crippen LogP contribution in [-0.4, -0.2) is 23.2 Å². The fourth-order valence-corrected chi connectivity index (χ4v) is 3.33. The van der Waals surface area contributed by atoms with Crippen LogP contribution in [0.1, 0.15) is 12.8 Å². The number of hydrogen-bond donors (Lipinski definition) is 1. The van der Waals surface area contributed by atoms with Crippen molar-refractivity contribution < 1.29 is 13.9 Å². The predicted octanol–water partition coefficient (Wildman–Crippen LogP) is 5.00. The summed E-state index contributed by atoms with van der Waals surface area (Å²) in [5.74, 6) is -0.952. The lowest BCUT2D eigenvalue weighted by molar-refractivity contribution is 0.477. The minimum Gasteiger partial charge on any atom is -0.507 e. The number of rotatable bonds is 3. The number of phenols is 1. The van der Waals surface area contributed by atoms with Crippen LogP contribution in [0.2, 0.25) is 0 Å². The van der Waals surface area contributed by atoms with Gasteiger partial charge in [0.25, 0.3) is 0 Å². The predicted molar refractivity (Wildman–Crippen MR) is 98.1 cm³/mol. The molecule has 4 rings (SSSR count). The van der Waals surface area contributed by atoms with Gasteiger partial charge in [0, 0.05) is 24.2 Å². The highest BCUT2D eigenvalue weighted by atomic mass is 19.2. The third-order valence-corrected chi connectivity index (χ3v) is 4.68. The number of aromatic hydroxyl groups is 1. The number of anilines is 1. The van der Waals surface area contributed by atoms with Crippen molar-refractivity contribution in [1.82, 2.24) is 4.98 Å². The van der Waals surface area contributed by atoms with Crippen molar-refractivity contribution in [1.29, 1.82) is 0 Å². The average Bonchev–Trinajstić information content (AvgIpc) is 3.19. The summed E-state index contributed by atoms with van der Waals surface area (Å²) < 4.78 is 28.1. The molecule has 0 radical (unpaired) electrons. The van der Waals surface area contributed by atoms with Crippen molar-refractivity contribution in [3.05, 3.63) is 66.2 Å².